The van der Waals surface area contributed by atoms with E-state index in [1.807, 2.05) is 6.92 Å². The Labute approximate surface area is 318 Å². The molecule has 1 aromatic carbocycles. The summed E-state index contributed by atoms with van der Waals surface area (Å²) in [6.45, 7) is 6.00. The van der Waals surface area contributed by atoms with Gasteiger partial charge in [-0.05, 0) is 86.1 Å². The molecule has 54 heavy (non-hydrogen) atoms. The molecule has 3 unspecified atom stereocenters. The first-order valence-corrected chi connectivity index (χ1v) is 18.5. The number of halogens is 1. The summed E-state index contributed by atoms with van der Waals surface area (Å²) in [5.74, 6) is -2.92. The van der Waals surface area contributed by atoms with Gasteiger partial charge >= 0.3 is 12.1 Å². The second kappa shape index (κ2) is 16.2. The Bertz CT molecular complexity index is 1680. The number of unbranched alkanes of at least 4 members (excludes halogenated alkanes) is 1. The Kier molecular flexibility index (Phi) is 12.4. The molecule has 9 atom stereocenters. The van der Waals surface area contributed by atoms with Crippen LogP contribution in [0.2, 0.25) is 0 Å². The highest BCUT2D eigenvalue weighted by Gasteiger charge is 2.74. The Hall–Kier alpha value is -3.70. The number of rotatable bonds is 14. The van der Waals surface area contributed by atoms with Crippen LogP contribution in [-0.4, -0.2) is 98.1 Å². The van der Waals surface area contributed by atoms with Gasteiger partial charge in [0, 0.05) is 24.2 Å². The van der Waals surface area contributed by atoms with Crippen molar-refractivity contribution in [1.82, 2.24) is 10.7 Å². The molecule has 3 saturated carbocycles. The third-order valence-corrected chi connectivity index (χ3v) is 13.1. The molecule has 5 N–H and O–H groups in total. The van der Waals surface area contributed by atoms with E-state index in [-0.39, 0.29) is 49.4 Å². The van der Waals surface area contributed by atoms with Gasteiger partial charge in [-0.1, -0.05) is 44.6 Å². The number of alkyl halides is 1. The second-order valence-corrected chi connectivity index (χ2v) is 15.9. The third kappa shape index (κ3) is 7.72. The summed E-state index contributed by atoms with van der Waals surface area (Å²) in [5, 5.41) is 43.2. The van der Waals surface area contributed by atoms with Crippen LogP contribution in [0.5, 0.6) is 5.75 Å². The first-order valence-electron chi connectivity index (χ1n) is 18.1. The van der Waals surface area contributed by atoms with Crippen LogP contribution in [0.4, 0.5) is 4.79 Å². The SMILES string of the molecule is CC(=O)NC(Cc1ccc(OC(=O)OCC(=O)[C@@]2(O)[C@@H](C)CC3[C@@H]4CCC5=CC(=O)C=C[C@]5(C)C4(Cl)[C@@H](O)C[C@@]32C)cc1)C(=O)OCCCCON(O)O. The molecule has 0 aliphatic heterocycles. The normalized spacial score (nSPS) is 33.1. The van der Waals surface area contributed by atoms with Crippen molar-refractivity contribution in [2.45, 2.75) is 95.3 Å². The second-order valence-electron chi connectivity index (χ2n) is 15.3. The molecule has 4 aliphatic rings. The largest absolute Gasteiger partial charge is 0.514 e. The van der Waals surface area contributed by atoms with Crippen LogP contribution in [0.15, 0.2) is 48.1 Å². The number of Topliss-reactive ketones (excluding diaryl/α,β-unsaturated/α-hetero) is 1. The molecular formula is C38H49ClN2O13. The Morgan fingerprint density at radius 1 is 1.06 bits per heavy atom. The van der Waals surface area contributed by atoms with Crippen LogP contribution < -0.4 is 10.1 Å². The summed E-state index contributed by atoms with van der Waals surface area (Å²) < 4.78 is 15.7. The lowest BCUT2D eigenvalue weighted by molar-refractivity contribution is -0.492. The summed E-state index contributed by atoms with van der Waals surface area (Å²) in [6.07, 6.45) is 5.05. The van der Waals surface area contributed by atoms with E-state index in [1.54, 1.807) is 38.1 Å². The fourth-order valence-electron chi connectivity index (χ4n) is 9.49. The molecule has 0 heterocycles. The average Bonchev–Trinajstić information content (AvgIpc) is 3.31. The quantitative estimate of drug-likeness (QED) is 0.0598. The van der Waals surface area contributed by atoms with Crippen molar-refractivity contribution in [3.8, 4) is 5.75 Å². The van der Waals surface area contributed by atoms with Gasteiger partial charge in [0.2, 0.25) is 11.7 Å². The highest BCUT2D eigenvalue weighted by atomic mass is 35.5. The molecule has 15 nitrogen and oxygen atoms in total. The number of amides is 1. The van der Waals surface area contributed by atoms with Crippen LogP contribution >= 0.6 is 11.6 Å². The van der Waals surface area contributed by atoms with Crippen molar-refractivity contribution in [1.29, 1.82) is 0 Å². The number of allylic oxidation sites excluding steroid dienone is 4. The number of hydrogen-bond acceptors (Lipinski definition) is 14. The van der Waals surface area contributed by atoms with Crippen LogP contribution in [0.25, 0.3) is 0 Å². The zero-order valence-electron chi connectivity index (χ0n) is 30.8. The molecule has 4 aliphatic carbocycles. The molecule has 0 saturated heterocycles. The molecule has 3 fully saturated rings. The summed E-state index contributed by atoms with van der Waals surface area (Å²) >= 11 is 7.47. The van der Waals surface area contributed by atoms with E-state index in [9.17, 15) is 34.2 Å². The Morgan fingerprint density at radius 2 is 1.74 bits per heavy atom. The minimum Gasteiger partial charge on any atom is -0.464 e. The maximum Gasteiger partial charge on any atom is 0.514 e. The zero-order valence-corrected chi connectivity index (χ0v) is 31.5. The molecule has 0 bridgehead atoms. The number of esters is 1. The highest BCUT2D eigenvalue weighted by molar-refractivity contribution is 6.26. The molecule has 1 aromatic rings. The number of aliphatic hydroxyl groups excluding tert-OH is 1. The standard InChI is InChI=1S/C38H49ClN2O13/c1-22-17-29-28-12-9-25-19-26(43)13-14-35(25,3)37(28,39)31(44)20-36(29,4)38(22,48)32(45)21-52-34(47)54-27-10-7-24(8-11-27)18-30(40-23(2)42)33(46)51-15-5-6-16-53-41(49)50/h7-8,10-11,13-14,19,22,28-31,44,48-50H,5-6,9,12,15-18,20-21H2,1-4H3,(H,40,42)/t22-,28-,29?,30?,31-,35-,36-,37?,38-/m0/s1. The van der Waals surface area contributed by atoms with Crippen LogP contribution in [0.3, 0.4) is 0 Å². The number of fused-ring (bicyclic) bond motifs is 5. The van der Waals surface area contributed by atoms with Crippen LogP contribution in [0, 0.1) is 28.6 Å². The average molecular weight is 777 g/mol. The van der Waals surface area contributed by atoms with E-state index in [0.717, 1.165) is 5.57 Å². The van der Waals surface area contributed by atoms with Gasteiger partial charge in [-0.3, -0.25) is 29.6 Å². The van der Waals surface area contributed by atoms with Gasteiger partial charge in [0.25, 0.3) is 0 Å². The van der Waals surface area contributed by atoms with E-state index in [4.69, 9.17) is 36.2 Å². The van der Waals surface area contributed by atoms with E-state index in [2.05, 4.69) is 10.2 Å². The van der Waals surface area contributed by atoms with Crippen molar-refractivity contribution < 1.29 is 63.6 Å². The van der Waals surface area contributed by atoms with Crippen molar-refractivity contribution in [3.05, 3.63) is 53.6 Å². The number of hydrogen-bond donors (Lipinski definition) is 5. The third-order valence-electron chi connectivity index (χ3n) is 12.2. The topological polar surface area (TPSA) is 218 Å². The molecular weight excluding hydrogens is 728 g/mol. The Balaban J connectivity index is 1.17. The number of carbonyl (C=O) groups is 5. The lowest BCUT2D eigenvalue weighted by Crippen LogP contribution is -2.69. The van der Waals surface area contributed by atoms with Crippen molar-refractivity contribution in [3.63, 3.8) is 0 Å². The molecule has 0 aromatic heterocycles. The minimum atomic E-state index is -1.93. The zero-order chi connectivity index (χ0) is 39.6. The lowest BCUT2D eigenvalue weighted by Gasteiger charge is -2.63. The van der Waals surface area contributed by atoms with Gasteiger partial charge in [0.1, 0.15) is 17.4 Å². The Morgan fingerprint density at radius 3 is 2.41 bits per heavy atom. The van der Waals surface area contributed by atoms with E-state index >= 15 is 0 Å². The van der Waals surface area contributed by atoms with Gasteiger partial charge < -0.3 is 29.7 Å². The van der Waals surface area contributed by atoms with Gasteiger partial charge in [-0.25, -0.2) is 9.59 Å². The number of benzene rings is 1. The monoisotopic (exact) mass is 776 g/mol. The molecule has 0 radical (unpaired) electrons. The van der Waals surface area contributed by atoms with Gasteiger partial charge in [0.15, 0.2) is 12.4 Å². The lowest BCUT2D eigenvalue weighted by atomic mass is 9.45. The summed E-state index contributed by atoms with van der Waals surface area (Å²) in [5.41, 5.74) is -2.33. The summed E-state index contributed by atoms with van der Waals surface area (Å²) in [4.78, 5) is 66.4. The van der Waals surface area contributed by atoms with Crippen LogP contribution in [-0.2, 0) is 39.9 Å². The number of carbonyl (C=O) groups excluding carboxylic acids is 5. The maximum atomic E-state index is 13.8. The number of ether oxygens (including phenoxy) is 3. The first-order chi connectivity index (χ1) is 25.4. The number of nitrogens with zero attached hydrogens (tertiary/aromatic N) is 1. The fourth-order valence-corrected chi connectivity index (χ4v) is 10.0. The summed E-state index contributed by atoms with van der Waals surface area (Å²) in [7, 11) is 0. The predicted molar refractivity (Wildman–Crippen MR) is 189 cm³/mol. The molecule has 0 spiro atoms. The summed E-state index contributed by atoms with van der Waals surface area (Å²) in [6, 6.07) is 5.03. The highest BCUT2D eigenvalue weighted by Crippen LogP contribution is 2.71. The first kappa shape index (κ1) is 41.5. The van der Waals surface area contributed by atoms with Crippen molar-refractivity contribution >= 4 is 41.2 Å². The van der Waals surface area contributed by atoms with Gasteiger partial charge in [-0.15, -0.1) is 11.6 Å². The minimum absolute atomic E-state index is 0.0108. The number of ketones is 2. The maximum absolute atomic E-state index is 13.8. The van der Waals surface area contributed by atoms with E-state index < -0.39 is 75.2 Å². The van der Waals surface area contributed by atoms with Gasteiger partial charge in [-0.2, -0.15) is 0 Å². The number of aliphatic hydroxyl groups is 2. The fraction of sp³-hybridized carbons (Fsp3) is 0.605. The molecule has 5 rings (SSSR count). The van der Waals surface area contributed by atoms with Crippen molar-refractivity contribution in [2.24, 2.45) is 28.6 Å². The molecule has 1 amide bonds. The smallest absolute Gasteiger partial charge is 0.464 e. The van der Waals surface area contributed by atoms with Crippen LogP contribution in [0.1, 0.15) is 71.8 Å². The van der Waals surface area contributed by atoms with Gasteiger partial charge in [0.05, 0.1) is 29.6 Å². The number of nitrogens with one attached hydrogen (secondary N) is 1. The molecule has 296 valence electrons. The van der Waals surface area contributed by atoms with E-state index in [0.29, 0.717) is 37.7 Å². The van der Waals surface area contributed by atoms with E-state index in [1.165, 1.54) is 25.1 Å². The van der Waals surface area contributed by atoms with Crippen molar-refractivity contribution in [2.75, 3.05) is 19.8 Å². The molecule has 16 heteroatoms. The predicted octanol–water partition coefficient (Wildman–Crippen LogP) is 3.77.